The molecule has 508 valence electrons. The molecule has 1 aliphatic heterocycles. The van der Waals surface area contributed by atoms with E-state index in [1.165, 1.54) is 51.8 Å². The number of ether oxygens (including phenoxy) is 4. The van der Waals surface area contributed by atoms with Crippen LogP contribution in [0.1, 0.15) is 219 Å². The van der Waals surface area contributed by atoms with Crippen LogP contribution in [0.25, 0.3) is 0 Å². The first-order valence-electron chi connectivity index (χ1n) is 33.2. The van der Waals surface area contributed by atoms with Crippen molar-refractivity contribution in [1.82, 2.24) is 39.2 Å². The fourth-order valence-electron chi connectivity index (χ4n) is 11.5. The average molecular weight is 1280 g/mol. The van der Waals surface area contributed by atoms with E-state index in [4.69, 9.17) is 29.1 Å². The summed E-state index contributed by atoms with van der Waals surface area (Å²) < 4.78 is 28.5. The Morgan fingerprint density at radius 3 is 0.859 bits per heavy atom. The second kappa shape index (κ2) is 33.5. The molecule has 0 spiro atoms. The number of hydrogen-bond acceptors (Lipinski definition) is 14. The predicted molar refractivity (Wildman–Crippen MR) is 354 cm³/mol. The van der Waals surface area contributed by atoms with Crippen LogP contribution in [-0.2, 0) is 83.2 Å². The van der Waals surface area contributed by atoms with E-state index in [0.29, 0.717) is 24.2 Å². The molecular formula is C72H108N8O12. The topological polar surface area (TPSA) is 222 Å². The fourth-order valence-corrected chi connectivity index (χ4v) is 11.5. The molecule has 1 fully saturated rings. The standard InChI is InChI=1S/C72H108N8O12/c1-41(2)31-59-69(85)89-49(17)65(81)75(19)62(34-44(7)8)72(88)92-64(36-52-25-29-54(30-26-52)40-80-58(48(15)16)38-56(74-80)46(11)12)68(84)78(22)60(32-42(3)4)70(86)90-50(18)66(82)76(20)61(33-43(5)6)71(87)91-63(67(83)77(59)21)35-51-23-27-53(28-24-51)39-79-57(47(13)14)37-55(73-79)45(9)10/h23-30,37-38,41-50,59-64H,31-36,39-40H2,1-22H3/t49-,50-,59+,60+,61+,62+,63-,64-/m1/s1. The fraction of sp³-hybridized carbons (Fsp3) is 0.639. The lowest BCUT2D eigenvalue weighted by atomic mass is 9.99. The van der Waals surface area contributed by atoms with Crippen LogP contribution in [-0.4, -0.2) is 163 Å². The molecule has 0 aliphatic carbocycles. The number of likely N-dealkylation sites (N-methyl/N-ethyl adjacent to an activating group) is 4. The van der Waals surface area contributed by atoms with Gasteiger partial charge in [-0.15, -0.1) is 0 Å². The van der Waals surface area contributed by atoms with Gasteiger partial charge in [0.2, 0.25) is 0 Å². The molecular weight excluding hydrogens is 1170 g/mol. The van der Waals surface area contributed by atoms with Crippen LogP contribution in [0, 0.1) is 23.7 Å². The summed E-state index contributed by atoms with van der Waals surface area (Å²) in [6.07, 6.45) is -6.02. The zero-order chi connectivity index (χ0) is 68.9. The molecule has 20 heteroatoms. The number of esters is 4. The number of benzene rings is 2. The lowest BCUT2D eigenvalue weighted by molar-refractivity contribution is -0.176. The highest BCUT2D eigenvalue weighted by molar-refractivity contribution is 5.94. The van der Waals surface area contributed by atoms with Crippen LogP contribution in [0.15, 0.2) is 60.7 Å². The minimum atomic E-state index is -1.54. The minimum absolute atomic E-state index is 0.0801. The van der Waals surface area contributed by atoms with Crippen LogP contribution in [0.3, 0.4) is 0 Å². The number of carbonyl (C=O) groups excluding carboxylic acids is 8. The number of aromatic nitrogens is 4. The largest absolute Gasteiger partial charge is 0.451 e. The van der Waals surface area contributed by atoms with E-state index in [9.17, 15) is 28.8 Å². The third kappa shape index (κ3) is 20.3. The maximum atomic E-state index is 15.2. The molecule has 2 aromatic heterocycles. The van der Waals surface area contributed by atoms with Crippen molar-refractivity contribution in [3.05, 3.63) is 106 Å². The summed E-state index contributed by atoms with van der Waals surface area (Å²) in [4.78, 5) is 124. The van der Waals surface area contributed by atoms with Crippen LogP contribution >= 0.6 is 0 Å². The van der Waals surface area contributed by atoms with Gasteiger partial charge in [-0.25, -0.2) is 19.2 Å². The number of rotatable bonds is 20. The van der Waals surface area contributed by atoms with E-state index in [0.717, 1.165) is 43.7 Å². The average Bonchev–Trinajstić information content (AvgIpc) is 1.38. The summed E-state index contributed by atoms with van der Waals surface area (Å²) in [5.74, 6) is -6.51. The van der Waals surface area contributed by atoms with Crippen LogP contribution in [0.4, 0.5) is 0 Å². The summed E-state index contributed by atoms with van der Waals surface area (Å²) in [7, 11) is 5.63. The molecule has 0 saturated carbocycles. The van der Waals surface area contributed by atoms with Crippen LogP contribution < -0.4 is 0 Å². The molecule has 92 heavy (non-hydrogen) atoms. The van der Waals surface area contributed by atoms with Gasteiger partial charge in [-0.1, -0.05) is 159 Å². The normalized spacial score (nSPS) is 22.1. The van der Waals surface area contributed by atoms with Crippen molar-refractivity contribution in [3.63, 3.8) is 0 Å². The Morgan fingerprint density at radius 2 is 0.609 bits per heavy atom. The van der Waals surface area contributed by atoms with Crippen molar-refractivity contribution in [2.75, 3.05) is 28.2 Å². The first-order valence-corrected chi connectivity index (χ1v) is 33.2. The highest BCUT2D eigenvalue weighted by Gasteiger charge is 2.43. The van der Waals surface area contributed by atoms with Gasteiger partial charge < -0.3 is 38.5 Å². The van der Waals surface area contributed by atoms with E-state index in [2.05, 4.69) is 67.5 Å². The van der Waals surface area contributed by atoms with Crippen molar-refractivity contribution in [3.8, 4) is 0 Å². The maximum absolute atomic E-state index is 15.2. The molecule has 1 aliphatic rings. The van der Waals surface area contributed by atoms with Crippen LogP contribution in [0.2, 0.25) is 0 Å². The molecule has 4 amide bonds. The van der Waals surface area contributed by atoms with Crippen molar-refractivity contribution >= 4 is 47.5 Å². The smallest absolute Gasteiger partial charge is 0.329 e. The Bertz CT molecular complexity index is 2920. The summed E-state index contributed by atoms with van der Waals surface area (Å²) in [5.41, 5.74) is 7.30. The van der Waals surface area contributed by atoms with Crippen molar-refractivity contribution in [2.45, 2.75) is 248 Å². The first kappa shape index (κ1) is 75.3. The van der Waals surface area contributed by atoms with Crippen molar-refractivity contribution in [2.24, 2.45) is 23.7 Å². The van der Waals surface area contributed by atoms with E-state index >= 15 is 9.59 Å². The van der Waals surface area contributed by atoms with Gasteiger partial charge in [0.25, 0.3) is 23.6 Å². The highest BCUT2D eigenvalue weighted by atomic mass is 16.6. The number of nitrogens with zero attached hydrogens (tertiary/aromatic N) is 8. The molecule has 0 unspecified atom stereocenters. The molecule has 3 heterocycles. The van der Waals surface area contributed by atoms with Gasteiger partial charge in [-0.3, -0.25) is 28.5 Å². The Hall–Kier alpha value is -7.38. The number of amides is 4. The molecule has 4 aromatic rings. The number of carbonyl (C=O) groups is 8. The quantitative estimate of drug-likeness (QED) is 0.0593. The highest BCUT2D eigenvalue weighted by Crippen LogP contribution is 2.28. The van der Waals surface area contributed by atoms with Gasteiger partial charge in [-0.05, 0) is 121 Å². The van der Waals surface area contributed by atoms with Gasteiger partial charge >= 0.3 is 23.9 Å². The Morgan fingerprint density at radius 1 is 0.359 bits per heavy atom. The van der Waals surface area contributed by atoms with Crippen molar-refractivity contribution < 1.29 is 57.3 Å². The molecule has 20 nitrogen and oxygen atoms in total. The third-order valence-corrected chi connectivity index (χ3v) is 17.1. The molecule has 0 N–H and O–H groups in total. The van der Waals surface area contributed by atoms with Gasteiger partial charge in [0.15, 0.2) is 24.4 Å². The van der Waals surface area contributed by atoms with Gasteiger partial charge in [-0.2, -0.15) is 10.2 Å². The molecule has 1 saturated heterocycles. The Kier molecular flexibility index (Phi) is 27.4. The predicted octanol–water partition coefficient (Wildman–Crippen LogP) is 10.6. The maximum Gasteiger partial charge on any atom is 0.329 e. The second-order valence-electron chi connectivity index (χ2n) is 28.4. The zero-order valence-electron chi connectivity index (χ0n) is 59.1. The van der Waals surface area contributed by atoms with Gasteiger partial charge in [0, 0.05) is 52.4 Å². The van der Waals surface area contributed by atoms with E-state index in [1.54, 1.807) is 0 Å². The zero-order valence-corrected chi connectivity index (χ0v) is 59.1. The van der Waals surface area contributed by atoms with Crippen LogP contribution in [0.5, 0.6) is 0 Å². The summed E-state index contributed by atoms with van der Waals surface area (Å²) >= 11 is 0. The lowest BCUT2D eigenvalue weighted by Crippen LogP contribution is -2.55. The molecule has 8 atom stereocenters. The van der Waals surface area contributed by atoms with Crippen molar-refractivity contribution in [1.29, 1.82) is 0 Å². The first-order chi connectivity index (χ1) is 43.0. The van der Waals surface area contributed by atoms with E-state index < -0.39 is 96.1 Å². The summed E-state index contributed by atoms with van der Waals surface area (Å²) in [6.45, 7) is 35.5. The van der Waals surface area contributed by atoms with E-state index in [-0.39, 0.29) is 85.9 Å². The molecule has 0 radical (unpaired) electrons. The van der Waals surface area contributed by atoms with Gasteiger partial charge in [0.05, 0.1) is 24.5 Å². The second-order valence-corrected chi connectivity index (χ2v) is 28.4. The Labute approximate surface area is 547 Å². The third-order valence-electron chi connectivity index (χ3n) is 17.1. The molecule has 2 aromatic carbocycles. The number of cyclic esters (lactones) is 4. The minimum Gasteiger partial charge on any atom is -0.451 e. The molecule has 5 rings (SSSR count). The number of hydrogen-bond donors (Lipinski definition) is 0. The monoisotopic (exact) mass is 1280 g/mol. The lowest BCUT2D eigenvalue weighted by Gasteiger charge is -2.35. The SMILES string of the molecule is CC(C)C[C@H]1C(=O)O[C@H](Cc2ccc(Cn3nc(C(C)C)cc3C(C)C)cc2)C(=O)N(C)[C@@H](CC(C)C)C(=O)O[C@H](C)C(=O)N(C)[C@@H](CC(C)C)C(=O)O[C@H](Cc2ccc(Cn3nc(C(C)C)cc3C(C)C)cc2)C(=O)N(C)[C@@H](CC(C)C)C(=O)O[C@H](C)C(=O)N1C. The summed E-state index contributed by atoms with van der Waals surface area (Å²) in [6, 6.07) is 14.2. The van der Waals surface area contributed by atoms with E-state index in [1.807, 2.05) is 113 Å². The Balaban J connectivity index is 1.59. The van der Waals surface area contributed by atoms with Gasteiger partial charge in [0.1, 0.15) is 24.2 Å². The molecule has 0 bridgehead atoms. The summed E-state index contributed by atoms with van der Waals surface area (Å²) in [5, 5.41) is 9.80.